The largest absolute Gasteiger partial charge is 0.373 e. The zero-order valence-electron chi connectivity index (χ0n) is 9.56. The summed E-state index contributed by atoms with van der Waals surface area (Å²) in [6.07, 6.45) is 5.35. The minimum absolute atomic E-state index is 0.964. The van der Waals surface area contributed by atoms with Crippen molar-refractivity contribution in [2.24, 2.45) is 0 Å². The van der Waals surface area contributed by atoms with Gasteiger partial charge in [0.15, 0.2) is 0 Å². The lowest BCUT2D eigenvalue weighted by atomic mass is 9.93. The van der Waals surface area contributed by atoms with E-state index in [0.717, 1.165) is 12.1 Å². The Bertz CT molecular complexity index is 528. The SMILES string of the molecule is C1=Cc2ccccc2[C](Nc2ccccc2)C1. The fourth-order valence-corrected chi connectivity index (χ4v) is 2.14. The van der Waals surface area contributed by atoms with E-state index in [1.54, 1.807) is 0 Å². The molecule has 0 unspecified atom stereocenters. The average molecular weight is 220 g/mol. The fraction of sp³-hybridized carbons (Fsp3) is 0.0625. The van der Waals surface area contributed by atoms with Crippen LogP contribution in [-0.2, 0) is 0 Å². The third-order valence-electron chi connectivity index (χ3n) is 2.97. The van der Waals surface area contributed by atoms with Gasteiger partial charge in [0.25, 0.3) is 0 Å². The molecular formula is C16H14N. The van der Waals surface area contributed by atoms with Gasteiger partial charge in [0.1, 0.15) is 0 Å². The maximum atomic E-state index is 3.50. The van der Waals surface area contributed by atoms with E-state index in [1.165, 1.54) is 17.2 Å². The number of anilines is 1. The zero-order chi connectivity index (χ0) is 11.5. The van der Waals surface area contributed by atoms with Crippen LogP contribution in [-0.4, -0.2) is 0 Å². The standard InChI is InChI=1S/C16H14N/c1-2-9-14(10-3-1)17-16-12-6-8-13-7-4-5-11-15(13)16/h1-11,17H,12H2. The quantitative estimate of drug-likeness (QED) is 0.803. The van der Waals surface area contributed by atoms with Crippen molar-refractivity contribution in [1.29, 1.82) is 0 Å². The molecule has 0 saturated heterocycles. The number of hydrogen-bond acceptors (Lipinski definition) is 1. The Kier molecular flexibility index (Phi) is 2.66. The summed E-state index contributed by atoms with van der Waals surface area (Å²) in [7, 11) is 0. The lowest BCUT2D eigenvalue weighted by molar-refractivity contribution is 1.03. The minimum Gasteiger partial charge on any atom is -0.373 e. The normalized spacial score (nSPS) is 14.4. The van der Waals surface area contributed by atoms with Gasteiger partial charge >= 0.3 is 0 Å². The minimum atomic E-state index is 0.964. The van der Waals surface area contributed by atoms with Crippen molar-refractivity contribution in [3.8, 4) is 0 Å². The van der Waals surface area contributed by atoms with E-state index in [2.05, 4.69) is 53.9 Å². The summed E-state index contributed by atoms with van der Waals surface area (Å²) >= 11 is 0. The van der Waals surface area contributed by atoms with Crippen LogP contribution < -0.4 is 5.32 Å². The highest BCUT2D eigenvalue weighted by atomic mass is 14.9. The maximum absolute atomic E-state index is 3.50. The Balaban J connectivity index is 1.88. The highest BCUT2D eigenvalue weighted by molar-refractivity contribution is 5.65. The smallest absolute Gasteiger partial charge is 0.0942 e. The third kappa shape index (κ3) is 2.09. The van der Waals surface area contributed by atoms with Crippen LogP contribution in [0.2, 0.25) is 0 Å². The number of rotatable bonds is 2. The lowest BCUT2D eigenvalue weighted by Crippen LogP contribution is -2.14. The number of hydrogen-bond donors (Lipinski definition) is 1. The van der Waals surface area contributed by atoms with Crippen LogP contribution in [0.15, 0.2) is 60.7 Å². The van der Waals surface area contributed by atoms with E-state index in [4.69, 9.17) is 0 Å². The first kappa shape index (κ1) is 10.2. The first-order chi connectivity index (χ1) is 8.43. The van der Waals surface area contributed by atoms with Gasteiger partial charge in [-0.15, -0.1) is 0 Å². The Morgan fingerprint density at radius 3 is 2.47 bits per heavy atom. The van der Waals surface area contributed by atoms with Crippen LogP contribution in [0.4, 0.5) is 5.69 Å². The molecule has 0 amide bonds. The molecule has 2 aromatic carbocycles. The molecule has 1 aliphatic carbocycles. The zero-order valence-corrected chi connectivity index (χ0v) is 9.56. The van der Waals surface area contributed by atoms with Crippen molar-refractivity contribution >= 4 is 11.8 Å². The molecule has 0 saturated carbocycles. The average Bonchev–Trinajstić information content (AvgIpc) is 2.40. The summed E-state index contributed by atoms with van der Waals surface area (Å²) in [6, 6.07) is 20.1. The Morgan fingerprint density at radius 1 is 0.824 bits per heavy atom. The van der Waals surface area contributed by atoms with Gasteiger partial charge in [-0.1, -0.05) is 54.6 Å². The predicted molar refractivity (Wildman–Crippen MR) is 72.5 cm³/mol. The molecule has 1 N–H and O–H groups in total. The molecule has 0 spiro atoms. The molecule has 83 valence electrons. The molecule has 1 heteroatoms. The van der Waals surface area contributed by atoms with Gasteiger partial charge in [-0.2, -0.15) is 0 Å². The molecule has 0 fully saturated rings. The Labute approximate surface area is 102 Å². The first-order valence-electron chi connectivity index (χ1n) is 5.87. The predicted octanol–water partition coefficient (Wildman–Crippen LogP) is 4.10. The van der Waals surface area contributed by atoms with Crippen molar-refractivity contribution in [1.82, 2.24) is 0 Å². The topological polar surface area (TPSA) is 12.0 Å². The van der Waals surface area contributed by atoms with Gasteiger partial charge in [0.2, 0.25) is 0 Å². The summed E-state index contributed by atoms with van der Waals surface area (Å²) in [5, 5.41) is 3.50. The molecule has 1 aliphatic rings. The van der Waals surface area contributed by atoms with Gasteiger partial charge in [-0.3, -0.25) is 0 Å². The van der Waals surface area contributed by atoms with Gasteiger partial charge in [-0.05, 0) is 29.7 Å². The molecule has 0 heterocycles. The molecule has 1 radical (unpaired) electrons. The number of fused-ring (bicyclic) bond motifs is 1. The van der Waals surface area contributed by atoms with Gasteiger partial charge in [0.05, 0.1) is 6.04 Å². The molecule has 1 nitrogen and oxygen atoms in total. The summed E-state index contributed by atoms with van der Waals surface area (Å²) in [6.45, 7) is 0. The maximum Gasteiger partial charge on any atom is 0.0942 e. The number of para-hydroxylation sites is 1. The molecule has 0 atom stereocenters. The van der Waals surface area contributed by atoms with Crippen LogP contribution >= 0.6 is 0 Å². The van der Waals surface area contributed by atoms with Crippen LogP contribution in [0.5, 0.6) is 0 Å². The summed E-state index contributed by atoms with van der Waals surface area (Å²) in [5.41, 5.74) is 3.74. The summed E-state index contributed by atoms with van der Waals surface area (Å²) in [4.78, 5) is 0. The van der Waals surface area contributed by atoms with E-state index in [9.17, 15) is 0 Å². The van der Waals surface area contributed by atoms with Crippen LogP contribution in [0.3, 0.4) is 0 Å². The van der Waals surface area contributed by atoms with Gasteiger partial charge < -0.3 is 5.32 Å². The van der Waals surface area contributed by atoms with E-state index in [0.29, 0.717) is 0 Å². The number of benzene rings is 2. The van der Waals surface area contributed by atoms with Crippen LogP contribution in [0.25, 0.3) is 6.08 Å². The second-order valence-electron chi connectivity index (χ2n) is 4.16. The fourth-order valence-electron chi connectivity index (χ4n) is 2.14. The number of nitrogens with one attached hydrogen (secondary N) is 1. The third-order valence-corrected chi connectivity index (χ3v) is 2.97. The highest BCUT2D eigenvalue weighted by Gasteiger charge is 2.16. The summed E-state index contributed by atoms with van der Waals surface area (Å²) < 4.78 is 0. The molecule has 0 bridgehead atoms. The molecule has 17 heavy (non-hydrogen) atoms. The second-order valence-corrected chi connectivity index (χ2v) is 4.16. The van der Waals surface area contributed by atoms with Crippen molar-refractivity contribution < 1.29 is 0 Å². The summed E-state index contributed by atoms with van der Waals surface area (Å²) in [5.74, 6) is 0. The van der Waals surface area contributed by atoms with Crippen molar-refractivity contribution in [2.75, 3.05) is 5.32 Å². The molecule has 2 aromatic rings. The molecular weight excluding hydrogens is 206 g/mol. The van der Waals surface area contributed by atoms with E-state index >= 15 is 0 Å². The van der Waals surface area contributed by atoms with Crippen molar-refractivity contribution in [3.05, 3.63) is 77.8 Å². The molecule has 0 aromatic heterocycles. The van der Waals surface area contributed by atoms with E-state index in [1.807, 2.05) is 18.2 Å². The van der Waals surface area contributed by atoms with E-state index < -0.39 is 0 Å². The molecule has 3 rings (SSSR count). The van der Waals surface area contributed by atoms with Gasteiger partial charge in [0, 0.05) is 5.69 Å². The monoisotopic (exact) mass is 220 g/mol. The Hall–Kier alpha value is -2.02. The van der Waals surface area contributed by atoms with Crippen molar-refractivity contribution in [2.45, 2.75) is 6.42 Å². The van der Waals surface area contributed by atoms with E-state index in [-0.39, 0.29) is 0 Å². The highest BCUT2D eigenvalue weighted by Crippen LogP contribution is 2.29. The second kappa shape index (κ2) is 4.46. The lowest BCUT2D eigenvalue weighted by Gasteiger charge is -2.22. The van der Waals surface area contributed by atoms with Gasteiger partial charge in [-0.25, -0.2) is 0 Å². The van der Waals surface area contributed by atoms with Crippen molar-refractivity contribution in [3.63, 3.8) is 0 Å². The van der Waals surface area contributed by atoms with Crippen LogP contribution in [0, 0.1) is 6.04 Å². The van der Waals surface area contributed by atoms with Crippen LogP contribution in [0.1, 0.15) is 17.5 Å². The first-order valence-corrected chi connectivity index (χ1v) is 5.87. The Morgan fingerprint density at radius 2 is 1.59 bits per heavy atom. The molecule has 0 aliphatic heterocycles.